The van der Waals surface area contributed by atoms with Crippen molar-refractivity contribution in [1.29, 1.82) is 0 Å². The molecule has 0 radical (unpaired) electrons. The molecule has 3 aromatic rings. The van der Waals surface area contributed by atoms with Crippen molar-refractivity contribution >= 4 is 16.9 Å². The van der Waals surface area contributed by atoms with E-state index in [9.17, 15) is 9.59 Å². The summed E-state index contributed by atoms with van der Waals surface area (Å²) in [7, 11) is 1.51. The number of nitrogens with zero attached hydrogens (tertiary/aromatic N) is 1. The van der Waals surface area contributed by atoms with Crippen LogP contribution in [0, 0.1) is 0 Å². The number of anilines is 1. The molecule has 2 aromatic heterocycles. The lowest BCUT2D eigenvalue weighted by Gasteiger charge is -2.06. The highest BCUT2D eigenvalue weighted by Crippen LogP contribution is 2.30. The van der Waals surface area contributed by atoms with E-state index in [-0.39, 0.29) is 11.2 Å². The van der Waals surface area contributed by atoms with Crippen LogP contribution in [-0.4, -0.2) is 27.0 Å². The van der Waals surface area contributed by atoms with E-state index in [4.69, 9.17) is 10.5 Å². The van der Waals surface area contributed by atoms with Crippen LogP contribution in [0.1, 0.15) is 0 Å². The third-order valence-electron chi connectivity index (χ3n) is 2.87. The van der Waals surface area contributed by atoms with Gasteiger partial charge in [-0.25, -0.2) is 9.78 Å². The first-order valence-corrected chi connectivity index (χ1v) is 5.74. The number of hydrogen-bond acceptors (Lipinski definition) is 5. The number of nitrogen functional groups attached to an aromatic ring is 1. The number of aromatic amines is 3. The fraction of sp³-hybridized carbons (Fsp3) is 0.0833. The smallest absolute Gasteiger partial charge is 0.327 e. The van der Waals surface area contributed by atoms with E-state index < -0.39 is 11.2 Å². The Morgan fingerprint density at radius 2 is 2.00 bits per heavy atom. The summed E-state index contributed by atoms with van der Waals surface area (Å²) in [6, 6.07) is 5.06. The van der Waals surface area contributed by atoms with Crippen LogP contribution < -0.4 is 21.7 Å². The van der Waals surface area contributed by atoms with Crippen LogP contribution >= 0.6 is 0 Å². The summed E-state index contributed by atoms with van der Waals surface area (Å²) in [5.74, 6) is 0.923. The molecule has 0 amide bonds. The Balaban J connectivity index is 2.28. The molecular weight excluding hydrogens is 262 g/mol. The third kappa shape index (κ3) is 1.83. The van der Waals surface area contributed by atoms with E-state index in [0.717, 1.165) is 0 Å². The molecular formula is C12H11N5O3. The van der Waals surface area contributed by atoms with E-state index in [1.54, 1.807) is 18.2 Å². The first-order chi connectivity index (χ1) is 9.58. The van der Waals surface area contributed by atoms with Crippen molar-refractivity contribution in [2.45, 2.75) is 0 Å². The molecule has 0 saturated carbocycles. The lowest BCUT2D eigenvalue weighted by atomic mass is 10.1. The zero-order valence-corrected chi connectivity index (χ0v) is 10.5. The van der Waals surface area contributed by atoms with E-state index in [1.165, 1.54) is 7.11 Å². The van der Waals surface area contributed by atoms with Crippen LogP contribution in [0.4, 0.5) is 5.69 Å². The molecule has 8 nitrogen and oxygen atoms in total. The molecule has 3 rings (SSSR count). The average molecular weight is 273 g/mol. The van der Waals surface area contributed by atoms with Crippen LogP contribution in [0.2, 0.25) is 0 Å². The Hall–Kier alpha value is -3.03. The van der Waals surface area contributed by atoms with Gasteiger partial charge in [0.05, 0.1) is 12.7 Å². The molecule has 5 N–H and O–H groups in total. The SMILES string of the molecule is COc1cc(N)ccc1-c1nc2[nH]c(=O)[nH]c(=O)c2[nH]1. The number of nitrogens with one attached hydrogen (secondary N) is 3. The van der Waals surface area contributed by atoms with Crippen molar-refractivity contribution in [3.8, 4) is 17.1 Å². The van der Waals surface area contributed by atoms with Gasteiger partial charge in [-0.05, 0) is 12.1 Å². The van der Waals surface area contributed by atoms with E-state index >= 15 is 0 Å². The van der Waals surface area contributed by atoms with Gasteiger partial charge in [0.25, 0.3) is 5.56 Å². The number of methoxy groups -OCH3 is 1. The van der Waals surface area contributed by atoms with Gasteiger partial charge in [0, 0.05) is 11.8 Å². The molecule has 20 heavy (non-hydrogen) atoms. The van der Waals surface area contributed by atoms with E-state index in [2.05, 4.69) is 19.9 Å². The summed E-state index contributed by atoms with van der Waals surface area (Å²) < 4.78 is 5.23. The molecule has 102 valence electrons. The van der Waals surface area contributed by atoms with Crippen molar-refractivity contribution in [3.63, 3.8) is 0 Å². The molecule has 0 atom stereocenters. The minimum absolute atomic E-state index is 0.188. The van der Waals surface area contributed by atoms with Crippen LogP contribution in [-0.2, 0) is 0 Å². The molecule has 2 heterocycles. The molecule has 0 spiro atoms. The largest absolute Gasteiger partial charge is 0.496 e. The molecule has 0 unspecified atom stereocenters. The maximum atomic E-state index is 11.7. The van der Waals surface area contributed by atoms with E-state index in [0.29, 0.717) is 22.8 Å². The highest BCUT2D eigenvalue weighted by molar-refractivity contribution is 5.77. The van der Waals surface area contributed by atoms with Crippen LogP contribution in [0.5, 0.6) is 5.75 Å². The summed E-state index contributed by atoms with van der Waals surface area (Å²) in [6.45, 7) is 0. The number of fused-ring (bicyclic) bond motifs is 1. The van der Waals surface area contributed by atoms with Crippen LogP contribution in [0.15, 0.2) is 27.8 Å². The number of hydrogen-bond donors (Lipinski definition) is 4. The fourth-order valence-electron chi connectivity index (χ4n) is 1.96. The number of nitrogens with two attached hydrogens (primary N) is 1. The minimum atomic E-state index is -0.607. The first kappa shape index (κ1) is 12.0. The Labute approximate surface area is 111 Å². The number of aromatic nitrogens is 4. The molecule has 0 aliphatic rings. The Bertz CT molecular complexity index is 905. The third-order valence-corrected chi connectivity index (χ3v) is 2.87. The Morgan fingerprint density at radius 3 is 2.75 bits per heavy atom. The van der Waals surface area contributed by atoms with Crippen LogP contribution in [0.25, 0.3) is 22.6 Å². The summed E-state index contributed by atoms with van der Waals surface area (Å²) in [5.41, 5.74) is 6.12. The maximum absolute atomic E-state index is 11.7. The van der Waals surface area contributed by atoms with Gasteiger partial charge in [0.2, 0.25) is 0 Å². The van der Waals surface area contributed by atoms with Crippen molar-refractivity contribution in [1.82, 2.24) is 19.9 Å². The average Bonchev–Trinajstić information content (AvgIpc) is 2.82. The Morgan fingerprint density at radius 1 is 1.20 bits per heavy atom. The second kappa shape index (κ2) is 4.26. The van der Waals surface area contributed by atoms with E-state index in [1.807, 2.05) is 0 Å². The number of imidazole rings is 1. The molecule has 1 aromatic carbocycles. The van der Waals surface area contributed by atoms with Gasteiger partial charge in [-0.15, -0.1) is 0 Å². The molecule has 0 fully saturated rings. The van der Waals surface area contributed by atoms with Crippen molar-refractivity contribution < 1.29 is 4.74 Å². The summed E-state index contributed by atoms with van der Waals surface area (Å²) in [4.78, 5) is 34.5. The van der Waals surface area contributed by atoms with Crippen LogP contribution in [0.3, 0.4) is 0 Å². The minimum Gasteiger partial charge on any atom is -0.496 e. The highest BCUT2D eigenvalue weighted by Gasteiger charge is 2.13. The fourth-order valence-corrected chi connectivity index (χ4v) is 1.96. The predicted octanol–water partition coefficient (Wildman–Crippen LogP) is 0.197. The van der Waals surface area contributed by atoms with Gasteiger partial charge in [-0.2, -0.15) is 0 Å². The number of H-pyrrole nitrogens is 3. The number of benzene rings is 1. The van der Waals surface area contributed by atoms with Gasteiger partial charge in [-0.1, -0.05) is 0 Å². The molecule has 0 bridgehead atoms. The molecule has 0 saturated heterocycles. The second-order valence-electron chi connectivity index (χ2n) is 4.18. The van der Waals surface area contributed by atoms with Gasteiger partial charge >= 0.3 is 5.69 Å². The molecule has 8 heteroatoms. The Kier molecular flexibility index (Phi) is 2.56. The van der Waals surface area contributed by atoms with Gasteiger partial charge in [0.1, 0.15) is 17.1 Å². The lowest BCUT2D eigenvalue weighted by molar-refractivity contribution is 0.416. The topological polar surface area (TPSA) is 130 Å². The number of ether oxygens (including phenoxy) is 1. The summed E-state index contributed by atoms with van der Waals surface area (Å²) >= 11 is 0. The number of rotatable bonds is 2. The maximum Gasteiger partial charge on any atom is 0.327 e. The van der Waals surface area contributed by atoms with Gasteiger partial charge < -0.3 is 15.5 Å². The zero-order valence-electron chi connectivity index (χ0n) is 10.5. The zero-order chi connectivity index (χ0) is 14.3. The summed E-state index contributed by atoms with van der Waals surface area (Å²) in [5, 5.41) is 0. The van der Waals surface area contributed by atoms with Gasteiger partial charge in [0.15, 0.2) is 5.65 Å². The van der Waals surface area contributed by atoms with Gasteiger partial charge in [-0.3, -0.25) is 14.8 Å². The standard InChI is InChI=1S/C12H11N5O3/c1-20-7-4-5(13)2-3-6(7)9-14-8-10(15-9)16-12(19)17-11(8)18/h2-4H,13H2,1H3,(H3,14,15,16,17,18,19). The molecule has 0 aliphatic carbocycles. The molecule has 0 aliphatic heterocycles. The second-order valence-corrected chi connectivity index (χ2v) is 4.18. The monoisotopic (exact) mass is 273 g/mol. The predicted molar refractivity (Wildman–Crippen MR) is 73.7 cm³/mol. The van der Waals surface area contributed by atoms with Crippen molar-refractivity contribution in [3.05, 3.63) is 39.0 Å². The highest BCUT2D eigenvalue weighted by atomic mass is 16.5. The quantitative estimate of drug-likeness (QED) is 0.495. The lowest BCUT2D eigenvalue weighted by Crippen LogP contribution is -2.21. The summed E-state index contributed by atoms with van der Waals surface area (Å²) in [6.07, 6.45) is 0. The van der Waals surface area contributed by atoms with Crippen molar-refractivity contribution in [2.24, 2.45) is 0 Å². The first-order valence-electron chi connectivity index (χ1n) is 5.74. The normalized spacial score (nSPS) is 10.8. The van der Waals surface area contributed by atoms with Crippen molar-refractivity contribution in [2.75, 3.05) is 12.8 Å².